The number of carbonyl (C=O) groups is 3. The van der Waals surface area contributed by atoms with Crippen LogP contribution in [0.2, 0.25) is 0 Å². The summed E-state index contributed by atoms with van der Waals surface area (Å²) in [6.45, 7) is 8.75. The summed E-state index contributed by atoms with van der Waals surface area (Å²) in [6, 6.07) is 16.0. The van der Waals surface area contributed by atoms with Gasteiger partial charge in [0.15, 0.2) is 0 Å². The van der Waals surface area contributed by atoms with E-state index < -0.39 is 29.6 Å². The van der Waals surface area contributed by atoms with Crippen LogP contribution in [-0.4, -0.2) is 91.6 Å². The van der Waals surface area contributed by atoms with Gasteiger partial charge >= 0.3 is 0 Å². The minimum Gasteiger partial charge on any atom is -0.396 e. The highest BCUT2D eigenvalue weighted by atomic mass is 16.5. The number of fused-ring (bicyclic) bond motifs is 2. The van der Waals surface area contributed by atoms with Gasteiger partial charge in [-0.15, -0.1) is 18.3 Å². The molecule has 1 aromatic heterocycles. The minimum atomic E-state index is -1.13. The molecule has 3 saturated heterocycles. The first-order valence-electron chi connectivity index (χ1n) is 15.7. The number of benzene rings is 2. The molecule has 3 fully saturated rings. The van der Waals surface area contributed by atoms with Crippen LogP contribution in [0.4, 0.5) is 5.69 Å². The molecular weight excluding hydrogens is 572 g/mol. The number of carbonyl (C=O) groups excluding carboxylic acids is 3. The Hall–Kier alpha value is -4.35. The zero-order valence-corrected chi connectivity index (χ0v) is 25.4. The first-order valence-corrected chi connectivity index (χ1v) is 15.7. The summed E-state index contributed by atoms with van der Waals surface area (Å²) in [5, 5.41) is 17.9. The fraction of sp³-hybridized carbons (Fsp3) is 0.441. The molecule has 3 amide bonds. The second-order valence-electron chi connectivity index (χ2n) is 12.0. The summed E-state index contributed by atoms with van der Waals surface area (Å²) in [5.41, 5.74) is 1.09. The summed E-state index contributed by atoms with van der Waals surface area (Å²) in [5.74, 6) is -2.21. The molecule has 2 aromatic carbocycles. The highest BCUT2D eigenvalue weighted by Crippen LogP contribution is 2.59. The van der Waals surface area contributed by atoms with Crippen LogP contribution in [0.1, 0.15) is 32.1 Å². The highest BCUT2D eigenvalue weighted by Gasteiger charge is 2.74. The van der Waals surface area contributed by atoms with Crippen LogP contribution < -0.4 is 4.90 Å². The molecule has 3 aliphatic heterocycles. The van der Waals surface area contributed by atoms with Crippen molar-refractivity contribution in [3.63, 3.8) is 0 Å². The summed E-state index contributed by atoms with van der Waals surface area (Å²) in [7, 11) is 0. The Morgan fingerprint density at radius 1 is 1.02 bits per heavy atom. The maximum Gasteiger partial charge on any atom is 0.250 e. The number of aliphatic hydroxyl groups is 1. The molecule has 3 aromatic rings. The van der Waals surface area contributed by atoms with Crippen molar-refractivity contribution >= 4 is 34.4 Å². The molecule has 45 heavy (non-hydrogen) atoms. The molecule has 11 nitrogen and oxygen atoms in total. The van der Waals surface area contributed by atoms with Crippen molar-refractivity contribution in [2.45, 2.75) is 56.5 Å². The number of rotatable bonds is 14. The number of para-hydroxylation sites is 2. The standard InChI is InChI=1S/C34H40N6O5/c1-3-19-37(23-40-26-16-10-9-15-25(26)35-36-40)33(44)30-34-18-17-27(45-34)28(29(34)32(43)39(30)21-11-6-12-22-41)31(42)38(20-4-2)24-13-7-5-8-14-24/h3-5,7-10,13-16,27-30,41H,1-2,6,11-12,17-23H2/t27-,28+,29+,30?,34?/m1/s1. The minimum absolute atomic E-state index is 0.0574. The number of amides is 3. The maximum atomic E-state index is 14.7. The van der Waals surface area contributed by atoms with Crippen molar-refractivity contribution in [1.82, 2.24) is 24.8 Å². The summed E-state index contributed by atoms with van der Waals surface area (Å²) >= 11 is 0. The normalized spacial score (nSPS) is 25.0. The lowest BCUT2D eigenvalue weighted by atomic mass is 9.70. The van der Waals surface area contributed by atoms with Crippen LogP contribution in [0, 0.1) is 11.8 Å². The van der Waals surface area contributed by atoms with Crippen LogP contribution >= 0.6 is 0 Å². The lowest BCUT2D eigenvalue weighted by Crippen LogP contribution is -2.56. The Labute approximate surface area is 262 Å². The van der Waals surface area contributed by atoms with Crippen molar-refractivity contribution in [2.75, 3.05) is 31.1 Å². The topological polar surface area (TPSA) is 121 Å². The Bertz CT molecular complexity index is 1580. The SMILES string of the molecule is C=CCN(Cn1nnc2ccccc21)C(=O)C1N(CCCCCO)C(=O)[C@@H]2[C@@H](C(=O)N(CC=C)c3ccccc3)[C@H]3CCC12O3. The summed E-state index contributed by atoms with van der Waals surface area (Å²) in [6.07, 6.45) is 5.85. The molecule has 2 bridgehead atoms. The van der Waals surface area contributed by atoms with Crippen LogP contribution in [0.25, 0.3) is 11.0 Å². The molecule has 6 rings (SSSR count). The van der Waals surface area contributed by atoms with Gasteiger partial charge in [-0.05, 0) is 56.4 Å². The van der Waals surface area contributed by atoms with Gasteiger partial charge in [0.25, 0.3) is 0 Å². The number of aromatic nitrogens is 3. The molecule has 11 heteroatoms. The smallest absolute Gasteiger partial charge is 0.250 e. The lowest BCUT2D eigenvalue weighted by Gasteiger charge is -2.37. The molecule has 0 saturated carbocycles. The number of nitrogens with zero attached hydrogens (tertiary/aromatic N) is 6. The number of likely N-dealkylation sites (tertiary alicyclic amines) is 1. The Morgan fingerprint density at radius 2 is 1.78 bits per heavy atom. The number of aliphatic hydroxyl groups excluding tert-OH is 1. The van der Waals surface area contributed by atoms with E-state index in [2.05, 4.69) is 23.5 Å². The average molecular weight is 613 g/mol. The van der Waals surface area contributed by atoms with E-state index in [0.717, 1.165) is 11.2 Å². The molecule has 0 radical (unpaired) electrons. The number of ether oxygens (including phenoxy) is 1. The van der Waals surface area contributed by atoms with Gasteiger partial charge in [-0.2, -0.15) is 0 Å². The fourth-order valence-corrected chi connectivity index (χ4v) is 7.49. The Balaban J connectivity index is 1.35. The van der Waals surface area contributed by atoms with Crippen molar-refractivity contribution in [3.8, 4) is 0 Å². The fourth-order valence-electron chi connectivity index (χ4n) is 7.49. The van der Waals surface area contributed by atoms with Crippen molar-refractivity contribution < 1.29 is 24.2 Å². The zero-order chi connectivity index (χ0) is 31.6. The first kappa shape index (κ1) is 30.7. The number of anilines is 1. The molecule has 2 unspecified atom stereocenters. The third-order valence-electron chi connectivity index (χ3n) is 9.41. The average Bonchev–Trinajstić information content (AvgIpc) is 3.81. The highest BCUT2D eigenvalue weighted by molar-refractivity contribution is 6.03. The van der Waals surface area contributed by atoms with Crippen LogP contribution in [0.15, 0.2) is 79.9 Å². The van der Waals surface area contributed by atoms with E-state index in [9.17, 15) is 19.5 Å². The van der Waals surface area contributed by atoms with Crippen molar-refractivity contribution in [1.29, 1.82) is 0 Å². The summed E-state index contributed by atoms with van der Waals surface area (Å²) < 4.78 is 8.36. The van der Waals surface area contributed by atoms with E-state index >= 15 is 0 Å². The largest absolute Gasteiger partial charge is 0.396 e. The van der Waals surface area contributed by atoms with Crippen LogP contribution in [-0.2, 0) is 25.8 Å². The number of unbranched alkanes of at least 4 members (excludes halogenated alkanes) is 2. The number of hydrogen-bond acceptors (Lipinski definition) is 7. The quantitative estimate of drug-likeness (QED) is 0.219. The predicted molar refractivity (Wildman–Crippen MR) is 169 cm³/mol. The van der Waals surface area contributed by atoms with Gasteiger partial charge in [0, 0.05) is 31.9 Å². The lowest BCUT2D eigenvalue weighted by molar-refractivity contribution is -0.149. The second-order valence-corrected chi connectivity index (χ2v) is 12.0. The summed E-state index contributed by atoms with van der Waals surface area (Å²) in [4.78, 5) is 48.4. The van der Waals surface area contributed by atoms with Crippen LogP contribution in [0.3, 0.4) is 0 Å². The van der Waals surface area contributed by atoms with Gasteiger partial charge in [-0.1, -0.05) is 47.7 Å². The zero-order valence-electron chi connectivity index (χ0n) is 25.4. The second kappa shape index (κ2) is 12.9. The van der Waals surface area contributed by atoms with E-state index in [1.54, 1.807) is 31.5 Å². The molecule has 236 valence electrons. The Morgan fingerprint density at radius 3 is 2.53 bits per heavy atom. The molecular formula is C34H40N6O5. The van der Waals surface area contributed by atoms with E-state index in [0.29, 0.717) is 44.2 Å². The van der Waals surface area contributed by atoms with Gasteiger partial charge in [-0.3, -0.25) is 14.4 Å². The van der Waals surface area contributed by atoms with Gasteiger partial charge in [0.2, 0.25) is 17.7 Å². The molecule has 1 spiro atoms. The van der Waals surface area contributed by atoms with Crippen molar-refractivity contribution in [3.05, 3.63) is 79.9 Å². The monoisotopic (exact) mass is 612 g/mol. The third kappa shape index (κ3) is 5.33. The van der Waals surface area contributed by atoms with Gasteiger partial charge < -0.3 is 24.5 Å². The Kier molecular flexibility index (Phi) is 8.82. The third-order valence-corrected chi connectivity index (χ3v) is 9.41. The van der Waals surface area contributed by atoms with E-state index in [1.807, 2.05) is 54.6 Å². The van der Waals surface area contributed by atoms with Gasteiger partial charge in [0.05, 0.1) is 23.5 Å². The maximum absolute atomic E-state index is 14.7. The molecule has 4 heterocycles. The van der Waals surface area contributed by atoms with E-state index in [1.165, 1.54) is 0 Å². The van der Waals surface area contributed by atoms with E-state index in [4.69, 9.17) is 4.74 Å². The first-order chi connectivity index (χ1) is 21.9. The van der Waals surface area contributed by atoms with Gasteiger partial charge in [-0.25, -0.2) is 4.68 Å². The predicted octanol–water partition coefficient (Wildman–Crippen LogP) is 3.16. The van der Waals surface area contributed by atoms with E-state index in [-0.39, 0.29) is 44.1 Å². The van der Waals surface area contributed by atoms with Gasteiger partial charge in [0.1, 0.15) is 23.8 Å². The number of hydrogen-bond donors (Lipinski definition) is 1. The molecule has 1 N–H and O–H groups in total. The van der Waals surface area contributed by atoms with Crippen LogP contribution in [0.5, 0.6) is 0 Å². The molecule has 5 atom stereocenters. The van der Waals surface area contributed by atoms with Crippen molar-refractivity contribution in [2.24, 2.45) is 11.8 Å². The molecule has 3 aliphatic rings. The molecule has 0 aliphatic carbocycles.